The van der Waals surface area contributed by atoms with Crippen LogP contribution in [-0.2, 0) is 9.53 Å². The van der Waals surface area contributed by atoms with Crippen molar-refractivity contribution in [3.8, 4) is 6.07 Å². The number of carbonyl (C=O) groups excluding carboxylic acids is 1. The van der Waals surface area contributed by atoms with Crippen LogP contribution in [0.25, 0.3) is 0 Å². The van der Waals surface area contributed by atoms with Crippen LogP contribution in [0.2, 0.25) is 0 Å². The van der Waals surface area contributed by atoms with Gasteiger partial charge in [-0.3, -0.25) is 4.79 Å². The van der Waals surface area contributed by atoms with Crippen molar-refractivity contribution in [1.82, 2.24) is 4.90 Å². The van der Waals surface area contributed by atoms with E-state index in [9.17, 15) is 4.79 Å². The summed E-state index contributed by atoms with van der Waals surface area (Å²) in [4.78, 5) is 13.0. The zero-order chi connectivity index (χ0) is 12.6. The minimum Gasteiger partial charge on any atom is -0.465 e. The second-order valence-corrected chi connectivity index (χ2v) is 3.59. The molecule has 0 amide bonds. The van der Waals surface area contributed by atoms with Gasteiger partial charge in [0.05, 0.1) is 12.7 Å². The summed E-state index contributed by atoms with van der Waals surface area (Å²) in [7, 11) is 1.79. The molecule has 0 saturated carbocycles. The molecule has 0 spiro atoms. The Bertz CT molecular complexity index is 303. The van der Waals surface area contributed by atoms with E-state index in [-0.39, 0.29) is 12.5 Å². The highest BCUT2D eigenvalue weighted by Gasteiger charge is 2.10. The molecule has 0 rings (SSSR count). The van der Waals surface area contributed by atoms with Gasteiger partial charge in [-0.25, -0.2) is 0 Å². The lowest BCUT2D eigenvalue weighted by Gasteiger charge is -2.20. The van der Waals surface area contributed by atoms with Crippen molar-refractivity contribution in [3.05, 3.63) is 11.3 Å². The Labute approximate surface area is 97.5 Å². The lowest BCUT2D eigenvalue weighted by Crippen LogP contribution is -2.26. The quantitative estimate of drug-likeness (QED) is 0.512. The molecule has 4 heteroatoms. The Kier molecular flexibility index (Phi) is 7.02. The Balaban J connectivity index is 4.52. The van der Waals surface area contributed by atoms with Gasteiger partial charge in [-0.2, -0.15) is 5.26 Å². The highest BCUT2D eigenvalue weighted by atomic mass is 16.5. The second kappa shape index (κ2) is 7.75. The lowest BCUT2D eigenvalue weighted by atomic mass is 10.1. The third kappa shape index (κ3) is 4.83. The van der Waals surface area contributed by atoms with Gasteiger partial charge < -0.3 is 9.64 Å². The molecule has 0 aliphatic heterocycles. The maximum absolute atomic E-state index is 11.3. The molecule has 0 radical (unpaired) electrons. The van der Waals surface area contributed by atoms with E-state index in [4.69, 9.17) is 10.00 Å². The molecule has 90 valence electrons. The molecule has 4 nitrogen and oxygen atoms in total. The fourth-order valence-electron chi connectivity index (χ4n) is 1.32. The van der Waals surface area contributed by atoms with Crippen LogP contribution in [0, 0.1) is 11.3 Å². The van der Waals surface area contributed by atoms with Gasteiger partial charge >= 0.3 is 5.97 Å². The zero-order valence-electron chi connectivity index (χ0n) is 10.5. The third-order valence-corrected chi connectivity index (χ3v) is 2.32. The van der Waals surface area contributed by atoms with Crippen LogP contribution in [0.4, 0.5) is 0 Å². The Morgan fingerprint density at radius 3 is 2.50 bits per heavy atom. The first-order valence-electron chi connectivity index (χ1n) is 5.53. The fourth-order valence-corrected chi connectivity index (χ4v) is 1.32. The molecule has 0 aliphatic rings. The van der Waals surface area contributed by atoms with Crippen molar-refractivity contribution in [1.29, 1.82) is 5.26 Å². The molecule has 0 bridgehead atoms. The molecule has 16 heavy (non-hydrogen) atoms. The van der Waals surface area contributed by atoms with E-state index in [1.54, 1.807) is 18.9 Å². The minimum absolute atomic E-state index is 0.189. The molecule has 0 heterocycles. The molecule has 0 aromatic rings. The van der Waals surface area contributed by atoms with Crippen LogP contribution in [-0.4, -0.2) is 31.1 Å². The van der Waals surface area contributed by atoms with Gasteiger partial charge in [0.2, 0.25) is 0 Å². The summed E-state index contributed by atoms with van der Waals surface area (Å²) in [6, 6.07) is 2.17. The molecular formula is C12H20N2O2. The summed E-state index contributed by atoms with van der Waals surface area (Å²) in [5, 5.41) is 8.96. The van der Waals surface area contributed by atoms with Crippen molar-refractivity contribution < 1.29 is 9.53 Å². The first-order valence-corrected chi connectivity index (χ1v) is 5.53. The van der Waals surface area contributed by atoms with E-state index in [1.165, 1.54) is 0 Å². The van der Waals surface area contributed by atoms with Gasteiger partial charge in [0, 0.05) is 18.3 Å². The van der Waals surface area contributed by atoms with Crippen molar-refractivity contribution in [3.63, 3.8) is 0 Å². The topological polar surface area (TPSA) is 53.3 Å². The largest absolute Gasteiger partial charge is 0.465 e. The van der Waals surface area contributed by atoms with Crippen LogP contribution in [0.5, 0.6) is 0 Å². The van der Waals surface area contributed by atoms with Crippen LogP contribution < -0.4 is 0 Å². The Morgan fingerprint density at radius 1 is 1.44 bits per heavy atom. The Hall–Kier alpha value is -1.50. The van der Waals surface area contributed by atoms with Crippen LogP contribution in [0.15, 0.2) is 11.3 Å². The van der Waals surface area contributed by atoms with E-state index < -0.39 is 0 Å². The number of carbonyl (C=O) groups is 1. The monoisotopic (exact) mass is 224 g/mol. The smallest absolute Gasteiger partial charge is 0.325 e. The number of allylic oxidation sites excluding steroid dienone is 2. The average molecular weight is 224 g/mol. The third-order valence-electron chi connectivity index (χ3n) is 2.32. The molecule has 0 unspecified atom stereocenters. The second-order valence-electron chi connectivity index (χ2n) is 3.59. The standard InChI is InChI=1S/C12H20N2O2/c1-5-7-11(8-13)10(3)14(4)9-12(15)16-6-2/h5-7,9H2,1-4H3/b11-10+. The zero-order valence-corrected chi connectivity index (χ0v) is 10.5. The van der Waals surface area contributed by atoms with Crippen LogP contribution >= 0.6 is 0 Å². The van der Waals surface area contributed by atoms with Gasteiger partial charge in [0.15, 0.2) is 0 Å². The molecular weight excluding hydrogens is 204 g/mol. The molecule has 0 atom stereocenters. The minimum atomic E-state index is -0.266. The van der Waals surface area contributed by atoms with Gasteiger partial charge in [0.25, 0.3) is 0 Å². The molecule has 0 saturated heterocycles. The fraction of sp³-hybridized carbons (Fsp3) is 0.667. The maximum atomic E-state index is 11.3. The summed E-state index contributed by atoms with van der Waals surface area (Å²) in [5.74, 6) is -0.266. The first kappa shape index (κ1) is 14.5. The van der Waals surface area contributed by atoms with E-state index in [1.807, 2.05) is 13.8 Å². The summed E-state index contributed by atoms with van der Waals surface area (Å²) in [6.07, 6.45) is 1.67. The van der Waals surface area contributed by atoms with E-state index in [2.05, 4.69) is 6.07 Å². The van der Waals surface area contributed by atoms with Crippen LogP contribution in [0.3, 0.4) is 0 Å². The van der Waals surface area contributed by atoms with Gasteiger partial charge in [0.1, 0.15) is 6.54 Å². The van der Waals surface area contributed by atoms with Crippen molar-refractivity contribution in [2.45, 2.75) is 33.6 Å². The van der Waals surface area contributed by atoms with Gasteiger partial charge in [-0.05, 0) is 20.3 Å². The van der Waals surface area contributed by atoms with Crippen LogP contribution in [0.1, 0.15) is 33.6 Å². The number of rotatable bonds is 6. The summed E-state index contributed by atoms with van der Waals surface area (Å²) in [5.41, 5.74) is 1.58. The number of hydrogen-bond donors (Lipinski definition) is 0. The molecule has 0 N–H and O–H groups in total. The number of hydrogen-bond acceptors (Lipinski definition) is 4. The van der Waals surface area contributed by atoms with Crippen molar-refractivity contribution >= 4 is 5.97 Å². The molecule has 0 aromatic carbocycles. The predicted octanol–water partition coefficient (Wildman–Crippen LogP) is 2.08. The molecule has 0 aliphatic carbocycles. The highest BCUT2D eigenvalue weighted by molar-refractivity contribution is 5.71. The summed E-state index contributed by atoms with van der Waals surface area (Å²) < 4.78 is 4.85. The van der Waals surface area contributed by atoms with Crippen molar-refractivity contribution in [2.24, 2.45) is 0 Å². The number of ether oxygens (including phenoxy) is 1. The molecule has 0 aromatic heterocycles. The van der Waals surface area contributed by atoms with E-state index in [0.29, 0.717) is 6.61 Å². The SMILES string of the molecule is CCC/C(C#N)=C(/C)N(C)CC(=O)OCC. The highest BCUT2D eigenvalue weighted by Crippen LogP contribution is 2.12. The molecule has 0 fully saturated rings. The van der Waals surface area contributed by atoms with E-state index >= 15 is 0 Å². The normalized spacial score (nSPS) is 11.4. The van der Waals surface area contributed by atoms with Gasteiger partial charge in [-0.1, -0.05) is 13.3 Å². The summed E-state index contributed by atoms with van der Waals surface area (Å²) >= 11 is 0. The van der Waals surface area contributed by atoms with E-state index in [0.717, 1.165) is 24.1 Å². The Morgan fingerprint density at radius 2 is 2.06 bits per heavy atom. The summed E-state index contributed by atoms with van der Waals surface area (Å²) in [6.45, 7) is 6.23. The number of likely N-dealkylation sites (N-methyl/N-ethyl adjacent to an activating group) is 1. The lowest BCUT2D eigenvalue weighted by molar-refractivity contribution is -0.143. The number of nitrogens with zero attached hydrogens (tertiary/aromatic N) is 2. The van der Waals surface area contributed by atoms with Gasteiger partial charge in [-0.15, -0.1) is 0 Å². The van der Waals surface area contributed by atoms with Crippen molar-refractivity contribution in [2.75, 3.05) is 20.2 Å². The number of nitriles is 1. The predicted molar refractivity (Wildman–Crippen MR) is 62.5 cm³/mol. The first-order chi connectivity index (χ1) is 7.56. The average Bonchev–Trinajstić information content (AvgIpc) is 2.25. The number of esters is 1. The maximum Gasteiger partial charge on any atom is 0.325 e.